The number of hydrogen-bond donors (Lipinski definition) is 2. The standard InChI is InChI=1S/C19H15N5O7/c1-2-31-19(28)16-15(17(25)23(22-16)12-6-4-3-5-7-12)21-20-13-9-8-11(18(26)27)10-14(13)24(29)30/h3-10,22H,2H2,1H3,(H,26,27). The summed E-state index contributed by atoms with van der Waals surface area (Å²) < 4.78 is 5.99. The highest BCUT2D eigenvalue weighted by Gasteiger charge is 2.23. The number of ether oxygens (including phenoxy) is 1. The Labute approximate surface area is 173 Å². The first-order valence-corrected chi connectivity index (χ1v) is 8.84. The topological polar surface area (TPSA) is 169 Å². The number of carboxylic acids is 1. The van der Waals surface area contributed by atoms with E-state index < -0.39 is 33.8 Å². The van der Waals surface area contributed by atoms with Gasteiger partial charge in [-0.2, -0.15) is 0 Å². The monoisotopic (exact) mass is 425 g/mol. The Morgan fingerprint density at radius 1 is 1.19 bits per heavy atom. The molecule has 12 nitrogen and oxygen atoms in total. The molecule has 0 aliphatic carbocycles. The predicted molar refractivity (Wildman–Crippen MR) is 107 cm³/mol. The second-order valence-electron chi connectivity index (χ2n) is 6.00. The van der Waals surface area contributed by atoms with E-state index in [2.05, 4.69) is 15.3 Å². The zero-order valence-corrected chi connectivity index (χ0v) is 16.0. The average molecular weight is 425 g/mol. The molecule has 0 aliphatic rings. The van der Waals surface area contributed by atoms with E-state index in [9.17, 15) is 24.5 Å². The fourth-order valence-corrected chi connectivity index (χ4v) is 2.62. The number of nitrogens with one attached hydrogen (secondary N) is 1. The summed E-state index contributed by atoms with van der Waals surface area (Å²) in [6.45, 7) is 1.62. The molecule has 0 saturated heterocycles. The van der Waals surface area contributed by atoms with Crippen LogP contribution in [-0.4, -0.2) is 38.4 Å². The van der Waals surface area contributed by atoms with Crippen LogP contribution in [0.15, 0.2) is 63.6 Å². The molecule has 0 atom stereocenters. The number of esters is 1. The Morgan fingerprint density at radius 2 is 1.90 bits per heavy atom. The van der Waals surface area contributed by atoms with E-state index in [4.69, 9.17) is 9.84 Å². The number of carbonyl (C=O) groups excluding carboxylic acids is 1. The lowest BCUT2D eigenvalue weighted by atomic mass is 10.2. The number of aromatic carboxylic acids is 1. The molecule has 0 saturated carbocycles. The van der Waals surface area contributed by atoms with Crippen molar-refractivity contribution in [3.05, 3.63) is 80.3 Å². The van der Waals surface area contributed by atoms with E-state index in [1.54, 1.807) is 37.3 Å². The van der Waals surface area contributed by atoms with Crippen LogP contribution in [0.5, 0.6) is 0 Å². The molecule has 1 heterocycles. The van der Waals surface area contributed by atoms with Gasteiger partial charge in [-0.25, -0.2) is 14.3 Å². The Hall–Kier alpha value is -4.61. The molecule has 0 unspecified atom stereocenters. The summed E-state index contributed by atoms with van der Waals surface area (Å²) in [6.07, 6.45) is 0. The molecule has 0 radical (unpaired) electrons. The SMILES string of the molecule is CCOC(=O)c1[nH]n(-c2ccccc2)c(=O)c1N=Nc1ccc(C(=O)O)cc1[N+](=O)[O-]. The normalized spacial score (nSPS) is 10.9. The first-order valence-electron chi connectivity index (χ1n) is 8.84. The Bertz CT molecular complexity index is 1240. The first-order chi connectivity index (χ1) is 14.8. The molecule has 12 heteroatoms. The van der Waals surface area contributed by atoms with E-state index in [0.717, 1.165) is 22.9 Å². The molecular weight excluding hydrogens is 410 g/mol. The number of H-pyrrole nitrogens is 1. The maximum atomic E-state index is 12.8. The molecule has 0 fully saturated rings. The van der Waals surface area contributed by atoms with Crippen molar-refractivity contribution in [3.8, 4) is 5.69 Å². The van der Waals surface area contributed by atoms with E-state index >= 15 is 0 Å². The number of hydrogen-bond acceptors (Lipinski definition) is 8. The van der Waals surface area contributed by atoms with Gasteiger partial charge in [-0.1, -0.05) is 18.2 Å². The number of carboxylic acid groups (broad SMARTS) is 1. The predicted octanol–water partition coefficient (Wildman–Crippen LogP) is 3.36. The second kappa shape index (κ2) is 8.82. The van der Waals surface area contributed by atoms with Gasteiger partial charge < -0.3 is 9.84 Å². The third kappa shape index (κ3) is 4.37. The Balaban J connectivity index is 2.12. The van der Waals surface area contributed by atoms with Gasteiger partial charge in [0.05, 0.1) is 22.8 Å². The first kappa shape index (κ1) is 21.1. The smallest absolute Gasteiger partial charge is 0.358 e. The summed E-state index contributed by atoms with van der Waals surface area (Å²) >= 11 is 0. The molecule has 158 valence electrons. The molecule has 2 aromatic carbocycles. The highest BCUT2D eigenvalue weighted by molar-refractivity contribution is 5.92. The summed E-state index contributed by atoms with van der Waals surface area (Å²) in [5.74, 6) is -2.22. The number of nitro groups is 1. The van der Waals surface area contributed by atoms with Crippen LogP contribution in [0.1, 0.15) is 27.8 Å². The van der Waals surface area contributed by atoms with E-state index in [-0.39, 0.29) is 23.6 Å². The lowest BCUT2D eigenvalue weighted by Gasteiger charge is -2.01. The summed E-state index contributed by atoms with van der Waals surface area (Å²) in [4.78, 5) is 46.6. The van der Waals surface area contributed by atoms with Gasteiger partial charge in [0.2, 0.25) is 0 Å². The molecular formula is C19H15N5O7. The molecule has 0 amide bonds. The minimum atomic E-state index is -1.35. The summed E-state index contributed by atoms with van der Waals surface area (Å²) in [5.41, 5.74) is -2.26. The maximum absolute atomic E-state index is 12.8. The van der Waals surface area contributed by atoms with Crippen LogP contribution in [0, 0.1) is 10.1 Å². The third-order valence-electron chi connectivity index (χ3n) is 4.04. The fourth-order valence-electron chi connectivity index (χ4n) is 2.62. The molecule has 3 rings (SSSR count). The minimum absolute atomic E-state index is 0.0378. The van der Waals surface area contributed by atoms with Crippen molar-refractivity contribution in [1.29, 1.82) is 0 Å². The van der Waals surface area contributed by atoms with Crippen molar-refractivity contribution in [2.45, 2.75) is 6.92 Å². The number of aromatic nitrogens is 2. The molecule has 0 aliphatic heterocycles. The maximum Gasteiger partial charge on any atom is 0.358 e. The van der Waals surface area contributed by atoms with E-state index in [1.807, 2.05) is 0 Å². The lowest BCUT2D eigenvalue weighted by molar-refractivity contribution is -0.384. The number of benzene rings is 2. The van der Waals surface area contributed by atoms with Crippen LogP contribution in [-0.2, 0) is 4.74 Å². The third-order valence-corrected chi connectivity index (χ3v) is 4.04. The van der Waals surface area contributed by atoms with Gasteiger partial charge >= 0.3 is 11.9 Å². The number of rotatable bonds is 7. The summed E-state index contributed by atoms with van der Waals surface area (Å²) in [7, 11) is 0. The van der Waals surface area contributed by atoms with Gasteiger partial charge in [-0.3, -0.25) is 20.0 Å². The van der Waals surface area contributed by atoms with Gasteiger partial charge in [0.25, 0.3) is 11.2 Å². The molecule has 1 aromatic heterocycles. The summed E-state index contributed by atoms with van der Waals surface area (Å²) in [6, 6.07) is 11.3. The van der Waals surface area contributed by atoms with Gasteiger partial charge in [0.1, 0.15) is 0 Å². The van der Waals surface area contributed by atoms with Crippen molar-refractivity contribution in [3.63, 3.8) is 0 Å². The number of nitrogens with zero attached hydrogens (tertiary/aromatic N) is 4. The van der Waals surface area contributed by atoms with Crippen molar-refractivity contribution < 1.29 is 24.4 Å². The van der Waals surface area contributed by atoms with Crippen LogP contribution in [0.25, 0.3) is 5.69 Å². The zero-order valence-electron chi connectivity index (χ0n) is 16.0. The van der Waals surface area contributed by atoms with Crippen molar-refractivity contribution >= 4 is 29.0 Å². The van der Waals surface area contributed by atoms with Crippen LogP contribution in [0.4, 0.5) is 17.1 Å². The molecule has 3 aromatic rings. The molecule has 31 heavy (non-hydrogen) atoms. The summed E-state index contributed by atoms with van der Waals surface area (Å²) in [5, 5.41) is 30.4. The van der Waals surface area contributed by atoms with Crippen molar-refractivity contribution in [1.82, 2.24) is 9.78 Å². The number of aromatic amines is 1. The average Bonchev–Trinajstić information content (AvgIpc) is 3.09. The van der Waals surface area contributed by atoms with Gasteiger partial charge in [0, 0.05) is 6.07 Å². The number of carbonyl (C=O) groups is 2. The van der Waals surface area contributed by atoms with Crippen molar-refractivity contribution in [2.24, 2.45) is 10.2 Å². The number of para-hydroxylation sites is 1. The molecule has 0 spiro atoms. The number of nitro benzene ring substituents is 1. The van der Waals surface area contributed by atoms with Crippen LogP contribution >= 0.6 is 0 Å². The van der Waals surface area contributed by atoms with Crippen LogP contribution in [0.3, 0.4) is 0 Å². The fraction of sp³-hybridized carbons (Fsp3) is 0.105. The van der Waals surface area contributed by atoms with Crippen molar-refractivity contribution in [2.75, 3.05) is 6.61 Å². The Kier molecular flexibility index (Phi) is 6.00. The lowest BCUT2D eigenvalue weighted by Crippen LogP contribution is -2.13. The largest absolute Gasteiger partial charge is 0.478 e. The van der Waals surface area contributed by atoms with E-state index in [1.165, 1.54) is 0 Å². The quantitative estimate of drug-likeness (QED) is 0.253. The second-order valence-corrected chi connectivity index (χ2v) is 6.00. The van der Waals surface area contributed by atoms with Crippen LogP contribution in [0.2, 0.25) is 0 Å². The van der Waals surface area contributed by atoms with Gasteiger partial charge in [-0.15, -0.1) is 10.2 Å². The highest BCUT2D eigenvalue weighted by Crippen LogP contribution is 2.30. The van der Waals surface area contributed by atoms with Gasteiger partial charge in [0.15, 0.2) is 17.1 Å². The number of azo groups is 1. The minimum Gasteiger partial charge on any atom is -0.478 e. The zero-order chi connectivity index (χ0) is 22.5. The molecule has 2 N–H and O–H groups in total. The Morgan fingerprint density at radius 3 is 2.52 bits per heavy atom. The highest BCUT2D eigenvalue weighted by atomic mass is 16.6. The van der Waals surface area contributed by atoms with E-state index in [0.29, 0.717) is 5.69 Å². The molecule has 0 bridgehead atoms. The van der Waals surface area contributed by atoms with Crippen LogP contribution < -0.4 is 5.56 Å². The van der Waals surface area contributed by atoms with Gasteiger partial charge in [-0.05, 0) is 31.2 Å².